The van der Waals surface area contributed by atoms with Crippen molar-refractivity contribution in [1.29, 1.82) is 0 Å². The van der Waals surface area contributed by atoms with Gasteiger partial charge in [-0.25, -0.2) is 0 Å². The maximum Gasteiger partial charge on any atom is 0.294 e. The molecule has 134 valence electrons. The minimum atomic E-state index is -4.40. The van der Waals surface area contributed by atoms with Crippen LogP contribution in [0.25, 0.3) is 0 Å². The number of unbranched alkanes of at least 4 members (excludes halogenated alkanes) is 10. The van der Waals surface area contributed by atoms with Crippen LogP contribution in [-0.4, -0.2) is 23.0 Å². The smallest absolute Gasteiger partial charge is 0.294 e. The van der Waals surface area contributed by atoms with Crippen molar-refractivity contribution in [2.75, 3.05) is 0 Å². The highest BCUT2D eigenvalue weighted by Gasteiger charge is 2.39. The van der Waals surface area contributed by atoms with Crippen molar-refractivity contribution in [3.63, 3.8) is 0 Å². The number of aliphatic hydroxyl groups is 1. The summed E-state index contributed by atoms with van der Waals surface area (Å²) >= 11 is 0. The summed E-state index contributed by atoms with van der Waals surface area (Å²) < 4.78 is 32.3. The first-order valence-corrected chi connectivity index (χ1v) is 10.5. The molecule has 0 fully saturated rings. The van der Waals surface area contributed by atoms with E-state index in [1.807, 2.05) is 0 Å². The van der Waals surface area contributed by atoms with Gasteiger partial charge in [0, 0.05) is 0 Å². The van der Waals surface area contributed by atoms with E-state index in [1.54, 1.807) is 0 Å². The Hall–Kier alpha value is -0.130. The molecule has 0 saturated carbocycles. The van der Waals surface area contributed by atoms with Gasteiger partial charge in [0.05, 0.1) is 0 Å². The van der Waals surface area contributed by atoms with Crippen LogP contribution in [0.4, 0.5) is 0 Å². The molecular formula is C17H36O4S. The molecule has 0 aromatic heterocycles. The quantitative estimate of drug-likeness (QED) is 0.323. The fourth-order valence-corrected chi connectivity index (χ4v) is 3.55. The molecule has 0 aliphatic rings. The zero-order valence-corrected chi connectivity index (χ0v) is 15.3. The van der Waals surface area contributed by atoms with E-state index in [1.165, 1.54) is 25.7 Å². The zero-order valence-electron chi connectivity index (χ0n) is 14.5. The molecule has 22 heavy (non-hydrogen) atoms. The van der Waals surface area contributed by atoms with E-state index < -0.39 is 15.1 Å². The summed E-state index contributed by atoms with van der Waals surface area (Å²) in [6.07, 6.45) is 12.6. The zero-order chi connectivity index (χ0) is 16.9. The Bertz CT molecular complexity index is 336. The van der Waals surface area contributed by atoms with E-state index in [0.717, 1.165) is 38.5 Å². The van der Waals surface area contributed by atoms with Crippen molar-refractivity contribution in [3.05, 3.63) is 0 Å². The predicted octanol–water partition coefficient (Wildman–Crippen LogP) is 5.06. The largest absolute Gasteiger partial charge is 0.372 e. The number of hydrogen-bond acceptors (Lipinski definition) is 3. The summed E-state index contributed by atoms with van der Waals surface area (Å²) in [6.45, 7) is 4.30. The lowest BCUT2D eigenvalue weighted by Crippen LogP contribution is -2.38. The van der Waals surface area contributed by atoms with Gasteiger partial charge in [0.25, 0.3) is 10.1 Å². The Morgan fingerprint density at radius 2 is 1.00 bits per heavy atom. The maximum absolute atomic E-state index is 11.5. The molecule has 0 unspecified atom stereocenters. The fourth-order valence-electron chi connectivity index (χ4n) is 2.75. The third-order valence-electron chi connectivity index (χ3n) is 4.32. The van der Waals surface area contributed by atoms with Crippen LogP contribution in [0, 0.1) is 0 Å². The van der Waals surface area contributed by atoms with E-state index >= 15 is 0 Å². The average molecular weight is 337 g/mol. The molecule has 0 atom stereocenters. The molecule has 0 aromatic rings. The highest BCUT2D eigenvalue weighted by Crippen LogP contribution is 2.28. The minimum absolute atomic E-state index is 0.146. The Labute approximate surface area is 137 Å². The lowest BCUT2D eigenvalue weighted by atomic mass is 10.0. The molecule has 0 radical (unpaired) electrons. The third kappa shape index (κ3) is 9.80. The van der Waals surface area contributed by atoms with Crippen LogP contribution in [0.2, 0.25) is 0 Å². The second-order valence-corrected chi connectivity index (χ2v) is 8.17. The van der Waals surface area contributed by atoms with Crippen molar-refractivity contribution >= 4 is 10.1 Å². The van der Waals surface area contributed by atoms with Gasteiger partial charge in [-0.1, -0.05) is 78.1 Å². The van der Waals surface area contributed by atoms with E-state index in [4.69, 9.17) is 0 Å². The summed E-state index contributed by atoms with van der Waals surface area (Å²) in [5.74, 6) is 0. The molecule has 4 nitrogen and oxygen atoms in total. The van der Waals surface area contributed by atoms with Crippen LogP contribution in [0.1, 0.15) is 104 Å². The molecule has 0 spiro atoms. The van der Waals surface area contributed by atoms with Crippen molar-refractivity contribution in [3.8, 4) is 0 Å². The Balaban J connectivity index is 4.08. The molecule has 5 heteroatoms. The Kier molecular flexibility index (Phi) is 12.2. The molecule has 0 aliphatic carbocycles. The first-order valence-electron chi connectivity index (χ1n) is 9.06. The summed E-state index contributed by atoms with van der Waals surface area (Å²) in [7, 11) is -4.40. The van der Waals surface area contributed by atoms with E-state index in [0.29, 0.717) is 12.8 Å². The Morgan fingerprint density at radius 1 is 0.682 bits per heavy atom. The monoisotopic (exact) mass is 336 g/mol. The van der Waals surface area contributed by atoms with Crippen LogP contribution in [0.3, 0.4) is 0 Å². The highest BCUT2D eigenvalue weighted by atomic mass is 32.2. The average Bonchev–Trinajstić information content (AvgIpc) is 2.45. The first kappa shape index (κ1) is 21.9. The van der Waals surface area contributed by atoms with Gasteiger partial charge in [-0.05, 0) is 25.7 Å². The molecule has 0 amide bonds. The molecule has 0 saturated heterocycles. The molecule has 0 aromatic carbocycles. The standard InChI is InChI=1S/C17H36O4S/c1-3-5-7-9-11-13-15-17(18,22(19,20)21)16-14-12-10-8-6-4-2/h18H,3-16H2,1-2H3,(H,19,20,21). The first-order chi connectivity index (χ1) is 10.4. The lowest BCUT2D eigenvalue weighted by Gasteiger charge is -2.24. The molecule has 2 N–H and O–H groups in total. The normalized spacial score (nSPS) is 12.7. The lowest BCUT2D eigenvalue weighted by molar-refractivity contribution is 0.0884. The number of rotatable bonds is 15. The van der Waals surface area contributed by atoms with Gasteiger partial charge in [-0.3, -0.25) is 4.55 Å². The van der Waals surface area contributed by atoms with Crippen LogP contribution < -0.4 is 0 Å². The third-order valence-corrected chi connectivity index (χ3v) is 5.69. The highest BCUT2D eigenvalue weighted by molar-refractivity contribution is 7.87. The molecule has 0 rings (SSSR count). The van der Waals surface area contributed by atoms with Crippen LogP contribution in [-0.2, 0) is 10.1 Å². The maximum atomic E-state index is 11.5. The predicted molar refractivity (Wildman–Crippen MR) is 92.5 cm³/mol. The second-order valence-electron chi connectivity index (χ2n) is 6.46. The van der Waals surface area contributed by atoms with Crippen molar-refractivity contribution in [2.45, 2.75) is 109 Å². The summed E-state index contributed by atoms with van der Waals surface area (Å²) in [6, 6.07) is 0. The second kappa shape index (κ2) is 12.3. The Morgan fingerprint density at radius 3 is 1.32 bits per heavy atom. The van der Waals surface area contributed by atoms with E-state index in [9.17, 15) is 18.1 Å². The van der Waals surface area contributed by atoms with Crippen molar-refractivity contribution in [2.24, 2.45) is 0 Å². The van der Waals surface area contributed by atoms with Crippen molar-refractivity contribution in [1.82, 2.24) is 0 Å². The summed E-state index contributed by atoms with van der Waals surface area (Å²) in [5, 5.41) is 10.3. The van der Waals surface area contributed by atoms with Gasteiger partial charge in [0.15, 0.2) is 4.93 Å². The molecular weight excluding hydrogens is 300 g/mol. The van der Waals surface area contributed by atoms with Gasteiger partial charge >= 0.3 is 0 Å². The van der Waals surface area contributed by atoms with Gasteiger partial charge < -0.3 is 5.11 Å². The topological polar surface area (TPSA) is 74.6 Å². The SMILES string of the molecule is CCCCCCCCC(O)(CCCCCCCC)S(=O)(=O)O. The van der Waals surface area contributed by atoms with Gasteiger partial charge in [-0.2, -0.15) is 8.42 Å². The fraction of sp³-hybridized carbons (Fsp3) is 1.00. The molecule has 0 aliphatic heterocycles. The number of hydrogen-bond donors (Lipinski definition) is 2. The van der Waals surface area contributed by atoms with Crippen LogP contribution in [0.15, 0.2) is 0 Å². The van der Waals surface area contributed by atoms with Gasteiger partial charge in [0.1, 0.15) is 0 Å². The van der Waals surface area contributed by atoms with Crippen LogP contribution in [0.5, 0.6) is 0 Å². The van der Waals surface area contributed by atoms with Gasteiger partial charge in [0.2, 0.25) is 0 Å². The van der Waals surface area contributed by atoms with Crippen LogP contribution >= 0.6 is 0 Å². The van der Waals surface area contributed by atoms with E-state index in [-0.39, 0.29) is 12.8 Å². The summed E-state index contributed by atoms with van der Waals surface area (Å²) in [5.41, 5.74) is 0. The van der Waals surface area contributed by atoms with Crippen molar-refractivity contribution < 1.29 is 18.1 Å². The summed E-state index contributed by atoms with van der Waals surface area (Å²) in [4.78, 5) is -1.94. The molecule has 0 heterocycles. The van der Waals surface area contributed by atoms with Gasteiger partial charge in [-0.15, -0.1) is 0 Å². The minimum Gasteiger partial charge on any atom is -0.372 e. The molecule has 0 bridgehead atoms. The van der Waals surface area contributed by atoms with E-state index in [2.05, 4.69) is 13.8 Å².